The van der Waals surface area contributed by atoms with Crippen LogP contribution in [0.15, 0.2) is 137 Å². The summed E-state index contributed by atoms with van der Waals surface area (Å²) in [6, 6.07) is 43.8. The van der Waals surface area contributed by atoms with Crippen molar-refractivity contribution in [3.05, 3.63) is 149 Å². The van der Waals surface area contributed by atoms with Crippen LogP contribution in [0.4, 0.5) is 0 Å². The zero-order valence-corrected chi connectivity index (χ0v) is 23.9. The Morgan fingerprint density at radius 2 is 1.30 bits per heavy atom. The van der Waals surface area contributed by atoms with Crippen LogP contribution in [0.3, 0.4) is 0 Å². The molecule has 0 radical (unpaired) electrons. The lowest BCUT2D eigenvalue weighted by Crippen LogP contribution is -2.15. The Balaban J connectivity index is 1.45. The minimum absolute atomic E-state index is 0.0178. The number of benzene rings is 6. The third-order valence-electron chi connectivity index (χ3n) is 9.41. The first-order chi connectivity index (χ1) is 21.0. The second-order valence-electron chi connectivity index (χ2n) is 12.1. The topological polar surface area (TPSA) is 35.1 Å². The predicted octanol–water partition coefficient (Wildman–Crippen LogP) is 10.0. The van der Waals surface area contributed by atoms with Crippen LogP contribution >= 0.6 is 0 Å². The Morgan fingerprint density at radius 3 is 2.16 bits per heavy atom. The largest absolute Gasteiger partial charge is 0.454 e. The Hall–Kier alpha value is -5.41. The molecule has 9 rings (SSSR count). The van der Waals surface area contributed by atoms with Gasteiger partial charge in [0.25, 0.3) is 0 Å². The van der Waals surface area contributed by atoms with Gasteiger partial charge in [0.15, 0.2) is 5.58 Å². The molecule has 2 heterocycles. The van der Waals surface area contributed by atoms with Gasteiger partial charge in [-0.25, -0.2) is 0 Å². The summed E-state index contributed by atoms with van der Waals surface area (Å²) in [7, 11) is 0. The molecule has 204 valence electrons. The molecule has 3 heteroatoms. The summed E-state index contributed by atoms with van der Waals surface area (Å²) < 4.78 is 9.00. The van der Waals surface area contributed by atoms with Crippen LogP contribution < -0.4 is 5.43 Å². The molecule has 0 bridgehead atoms. The molecule has 8 aromatic rings. The number of hydrogen-bond donors (Lipinski definition) is 0. The Kier molecular flexibility index (Phi) is 4.82. The molecule has 0 atom stereocenters. The predicted molar refractivity (Wildman–Crippen MR) is 177 cm³/mol. The highest BCUT2D eigenvalue weighted by molar-refractivity contribution is 6.13. The lowest BCUT2D eigenvalue weighted by Gasteiger charge is -2.22. The monoisotopic (exact) mass is 553 g/mol. The van der Waals surface area contributed by atoms with Crippen molar-refractivity contribution in [1.29, 1.82) is 0 Å². The molecule has 2 aromatic heterocycles. The van der Waals surface area contributed by atoms with Crippen LogP contribution in [0.5, 0.6) is 0 Å². The molecular weight excluding hydrogens is 526 g/mol. The number of rotatable bonds is 2. The zero-order valence-electron chi connectivity index (χ0n) is 23.9. The summed E-state index contributed by atoms with van der Waals surface area (Å²) in [6.45, 7) is 4.62. The van der Waals surface area contributed by atoms with Gasteiger partial charge in [-0.3, -0.25) is 4.79 Å². The average molecular weight is 554 g/mol. The molecule has 0 N–H and O–H groups in total. The van der Waals surface area contributed by atoms with Crippen LogP contribution in [0, 0.1) is 0 Å². The molecule has 6 aromatic carbocycles. The molecular formula is C40H27NO2. The minimum atomic E-state index is -0.136. The van der Waals surface area contributed by atoms with Gasteiger partial charge in [-0.15, -0.1) is 0 Å². The van der Waals surface area contributed by atoms with E-state index in [2.05, 4.69) is 91.2 Å². The number of nitrogens with zero attached hydrogens (tertiary/aromatic N) is 1. The van der Waals surface area contributed by atoms with Crippen LogP contribution in [0.1, 0.15) is 25.0 Å². The Morgan fingerprint density at radius 1 is 0.581 bits per heavy atom. The quantitative estimate of drug-likeness (QED) is 0.200. The highest BCUT2D eigenvalue weighted by atomic mass is 16.3. The fourth-order valence-electron chi connectivity index (χ4n) is 7.35. The number of aromatic nitrogens is 1. The molecule has 0 fully saturated rings. The molecule has 0 amide bonds. The molecule has 0 spiro atoms. The van der Waals surface area contributed by atoms with Crippen LogP contribution in [0.2, 0.25) is 0 Å². The Labute approximate surface area is 248 Å². The van der Waals surface area contributed by atoms with E-state index < -0.39 is 0 Å². The Bertz CT molecular complexity index is 2500. The summed E-state index contributed by atoms with van der Waals surface area (Å²) in [4.78, 5) is 14.2. The summed E-state index contributed by atoms with van der Waals surface area (Å²) >= 11 is 0. The molecule has 0 saturated heterocycles. The second kappa shape index (κ2) is 8.56. The van der Waals surface area contributed by atoms with Gasteiger partial charge in [-0.1, -0.05) is 105 Å². The van der Waals surface area contributed by atoms with E-state index in [1.165, 1.54) is 33.0 Å². The van der Waals surface area contributed by atoms with Crippen molar-refractivity contribution < 1.29 is 4.42 Å². The van der Waals surface area contributed by atoms with Gasteiger partial charge < -0.3 is 8.98 Å². The van der Waals surface area contributed by atoms with Crippen LogP contribution in [-0.4, -0.2) is 4.57 Å². The summed E-state index contributed by atoms with van der Waals surface area (Å²) in [5.41, 5.74) is 11.2. The van der Waals surface area contributed by atoms with E-state index in [1.807, 2.05) is 54.6 Å². The fourth-order valence-corrected chi connectivity index (χ4v) is 7.35. The average Bonchev–Trinajstić information content (AvgIpc) is 3.48. The SMILES string of the molecule is CC1(C)c2ccccc2-c2cc3c4ccccc4n(-c4ccc(-c5ccccc5)c5c(=O)c6ccccc6oc45)c3cc21. The first-order valence-corrected chi connectivity index (χ1v) is 14.7. The molecule has 3 nitrogen and oxygen atoms in total. The van der Waals surface area contributed by atoms with E-state index in [0.717, 1.165) is 27.8 Å². The molecule has 0 saturated carbocycles. The molecule has 0 aliphatic heterocycles. The van der Waals surface area contributed by atoms with E-state index in [-0.39, 0.29) is 10.8 Å². The molecule has 1 aliphatic carbocycles. The number of fused-ring (bicyclic) bond motifs is 8. The van der Waals surface area contributed by atoms with E-state index in [0.29, 0.717) is 21.9 Å². The number of hydrogen-bond acceptors (Lipinski definition) is 2. The normalized spacial score (nSPS) is 13.6. The third-order valence-corrected chi connectivity index (χ3v) is 9.41. The van der Waals surface area contributed by atoms with Crippen molar-refractivity contribution in [3.8, 4) is 27.9 Å². The van der Waals surface area contributed by atoms with E-state index in [1.54, 1.807) is 0 Å². The van der Waals surface area contributed by atoms with Crippen molar-refractivity contribution in [1.82, 2.24) is 4.57 Å². The van der Waals surface area contributed by atoms with E-state index in [9.17, 15) is 4.79 Å². The van der Waals surface area contributed by atoms with Gasteiger partial charge in [0.1, 0.15) is 5.58 Å². The minimum Gasteiger partial charge on any atom is -0.454 e. The summed E-state index contributed by atoms with van der Waals surface area (Å²) in [6.07, 6.45) is 0. The van der Waals surface area contributed by atoms with Gasteiger partial charge in [-0.2, -0.15) is 0 Å². The van der Waals surface area contributed by atoms with Crippen molar-refractivity contribution in [2.75, 3.05) is 0 Å². The van der Waals surface area contributed by atoms with Crippen molar-refractivity contribution in [3.63, 3.8) is 0 Å². The van der Waals surface area contributed by atoms with E-state index in [4.69, 9.17) is 4.42 Å². The van der Waals surface area contributed by atoms with Gasteiger partial charge in [-0.05, 0) is 69.8 Å². The van der Waals surface area contributed by atoms with Crippen LogP contribution in [-0.2, 0) is 5.41 Å². The number of para-hydroxylation sites is 2. The van der Waals surface area contributed by atoms with Gasteiger partial charge >= 0.3 is 0 Å². The maximum absolute atomic E-state index is 14.2. The second-order valence-corrected chi connectivity index (χ2v) is 12.1. The molecule has 1 aliphatic rings. The smallest absolute Gasteiger partial charge is 0.201 e. The van der Waals surface area contributed by atoms with Crippen molar-refractivity contribution >= 4 is 43.7 Å². The lowest BCUT2D eigenvalue weighted by atomic mass is 9.82. The zero-order chi connectivity index (χ0) is 28.9. The van der Waals surface area contributed by atoms with Gasteiger partial charge in [0.2, 0.25) is 5.43 Å². The molecule has 0 unspecified atom stereocenters. The first-order valence-electron chi connectivity index (χ1n) is 14.7. The highest BCUT2D eigenvalue weighted by Crippen LogP contribution is 2.51. The standard InChI is InChI=1S/C40H27NO2/c1-40(2)31-17-9-6-14-26(31)29-22-30-27-15-7-10-18-33(27)41(35(30)23-32(29)40)34-21-20-25(24-12-4-3-5-13-24)37-38(42)28-16-8-11-19-36(28)43-39(34)37/h3-23H,1-2H3. The maximum atomic E-state index is 14.2. The first kappa shape index (κ1) is 24.2. The third kappa shape index (κ3) is 3.22. The fraction of sp³-hybridized carbons (Fsp3) is 0.0750. The van der Waals surface area contributed by atoms with Gasteiger partial charge in [0, 0.05) is 16.2 Å². The van der Waals surface area contributed by atoms with Crippen molar-refractivity contribution in [2.24, 2.45) is 0 Å². The lowest BCUT2D eigenvalue weighted by molar-refractivity contribution is 0.657. The molecule has 43 heavy (non-hydrogen) atoms. The maximum Gasteiger partial charge on any atom is 0.201 e. The summed E-state index contributed by atoms with van der Waals surface area (Å²) in [5, 5.41) is 3.54. The van der Waals surface area contributed by atoms with Crippen LogP contribution in [0.25, 0.3) is 71.7 Å². The van der Waals surface area contributed by atoms with Gasteiger partial charge in [0.05, 0.1) is 27.5 Å². The highest BCUT2D eigenvalue weighted by Gasteiger charge is 2.36. The van der Waals surface area contributed by atoms with Crippen molar-refractivity contribution in [2.45, 2.75) is 19.3 Å². The van der Waals surface area contributed by atoms with E-state index >= 15 is 0 Å². The summed E-state index contributed by atoms with van der Waals surface area (Å²) in [5.74, 6) is 0.